The summed E-state index contributed by atoms with van der Waals surface area (Å²) in [4.78, 5) is 14.5. The molecular formula is C40H62O13. The van der Waals surface area contributed by atoms with Crippen molar-refractivity contribution in [2.24, 2.45) is 45.8 Å². The van der Waals surface area contributed by atoms with E-state index in [1.54, 1.807) is 0 Å². The van der Waals surface area contributed by atoms with Gasteiger partial charge in [0, 0.05) is 17.8 Å². The molecule has 4 aliphatic heterocycles. The second-order valence-electron chi connectivity index (χ2n) is 18.8. The summed E-state index contributed by atoms with van der Waals surface area (Å²) in [7, 11) is 0. The van der Waals surface area contributed by atoms with Gasteiger partial charge in [-0.25, -0.2) is 0 Å². The smallest absolute Gasteiger partial charge is 0.187 e. The first kappa shape index (κ1) is 38.8. The fourth-order valence-electron chi connectivity index (χ4n) is 12.9. The van der Waals surface area contributed by atoms with Crippen molar-refractivity contribution in [1.82, 2.24) is 0 Å². The monoisotopic (exact) mass is 750 g/mol. The zero-order valence-corrected chi connectivity index (χ0v) is 32.0. The lowest BCUT2D eigenvalue weighted by Gasteiger charge is -2.62. The topological polar surface area (TPSA) is 194 Å². The number of hydrogen-bond acceptors (Lipinski definition) is 13. The lowest BCUT2D eigenvalue weighted by Crippen LogP contribution is -2.64. The molecule has 0 aromatic rings. The van der Waals surface area contributed by atoms with Gasteiger partial charge in [0.2, 0.25) is 0 Å². The summed E-state index contributed by atoms with van der Waals surface area (Å²) >= 11 is 0. The molecule has 1 spiro atoms. The highest BCUT2D eigenvalue weighted by Gasteiger charge is 2.73. The largest absolute Gasteiger partial charge is 0.394 e. The van der Waals surface area contributed by atoms with Crippen LogP contribution in [0.15, 0.2) is 11.6 Å². The summed E-state index contributed by atoms with van der Waals surface area (Å²) in [5.74, 6) is 1.22. The van der Waals surface area contributed by atoms with E-state index in [2.05, 4.69) is 34.6 Å². The second kappa shape index (κ2) is 13.5. The highest BCUT2D eigenvalue weighted by Crippen LogP contribution is 2.73. The van der Waals surface area contributed by atoms with Gasteiger partial charge in [0.1, 0.15) is 42.7 Å². The Morgan fingerprint density at radius 1 is 0.830 bits per heavy atom. The van der Waals surface area contributed by atoms with E-state index in [0.717, 1.165) is 50.7 Å². The molecular weight excluding hydrogens is 688 g/mol. The van der Waals surface area contributed by atoms with Crippen molar-refractivity contribution in [3.05, 3.63) is 11.6 Å². The van der Waals surface area contributed by atoms with Crippen molar-refractivity contribution in [3.63, 3.8) is 0 Å². The van der Waals surface area contributed by atoms with Gasteiger partial charge in [0.05, 0.1) is 31.5 Å². The number of fused-ring (bicyclic) bond motifs is 7. The van der Waals surface area contributed by atoms with E-state index in [1.165, 1.54) is 6.92 Å². The Morgan fingerprint density at radius 2 is 1.55 bits per heavy atom. The summed E-state index contributed by atoms with van der Waals surface area (Å²) in [6, 6.07) is 0. The van der Waals surface area contributed by atoms with E-state index in [0.29, 0.717) is 24.7 Å². The predicted molar refractivity (Wildman–Crippen MR) is 187 cm³/mol. The predicted octanol–water partition coefficient (Wildman–Crippen LogP) is 1.96. The van der Waals surface area contributed by atoms with E-state index in [1.807, 2.05) is 6.08 Å². The Hall–Kier alpha value is -1.07. The third-order valence-corrected chi connectivity index (χ3v) is 16.0. The zero-order chi connectivity index (χ0) is 38.0. The van der Waals surface area contributed by atoms with Gasteiger partial charge in [-0.1, -0.05) is 40.2 Å². The molecule has 53 heavy (non-hydrogen) atoms. The minimum atomic E-state index is -1.64. The fraction of sp³-hybridized carbons (Fsp3) is 0.925. The van der Waals surface area contributed by atoms with E-state index in [4.69, 9.17) is 28.4 Å². The summed E-state index contributed by atoms with van der Waals surface area (Å²) in [6.45, 7) is 13.2. The average molecular weight is 751 g/mol. The van der Waals surface area contributed by atoms with Gasteiger partial charge in [0.25, 0.3) is 0 Å². The third-order valence-electron chi connectivity index (χ3n) is 16.0. The second-order valence-corrected chi connectivity index (χ2v) is 18.8. The lowest BCUT2D eigenvalue weighted by molar-refractivity contribution is -0.360. The molecule has 4 saturated heterocycles. The maximum absolute atomic E-state index is 14.5. The average Bonchev–Trinajstić information content (AvgIpc) is 3.58. The molecule has 7 fully saturated rings. The van der Waals surface area contributed by atoms with Gasteiger partial charge in [-0.15, -0.1) is 0 Å². The maximum atomic E-state index is 14.5. The van der Waals surface area contributed by atoms with Crippen molar-refractivity contribution < 1.29 is 63.9 Å². The number of ether oxygens (including phenoxy) is 6. The normalized spacial score (nSPS) is 58.1. The van der Waals surface area contributed by atoms with Gasteiger partial charge >= 0.3 is 0 Å². The van der Waals surface area contributed by atoms with Gasteiger partial charge < -0.3 is 59.1 Å². The molecule has 8 rings (SSSR count). The van der Waals surface area contributed by atoms with E-state index in [-0.39, 0.29) is 40.5 Å². The Balaban J connectivity index is 0.955. The molecule has 0 amide bonds. The molecule has 0 aromatic carbocycles. The number of carbonyl (C=O) groups is 1. The Bertz CT molecular complexity index is 1430. The number of rotatable bonds is 5. The van der Waals surface area contributed by atoms with Gasteiger partial charge in [0.15, 0.2) is 24.2 Å². The van der Waals surface area contributed by atoms with Crippen LogP contribution in [0.4, 0.5) is 0 Å². The van der Waals surface area contributed by atoms with Crippen LogP contribution in [0.3, 0.4) is 0 Å². The third kappa shape index (κ3) is 5.73. The maximum Gasteiger partial charge on any atom is 0.187 e. The number of aliphatic hydroxyl groups excluding tert-OH is 6. The van der Waals surface area contributed by atoms with Crippen LogP contribution in [0.25, 0.3) is 0 Å². The van der Waals surface area contributed by atoms with E-state index < -0.39 is 85.3 Å². The molecule has 8 aliphatic rings. The van der Waals surface area contributed by atoms with Crippen LogP contribution < -0.4 is 0 Å². The fourth-order valence-corrected chi connectivity index (χ4v) is 12.9. The van der Waals surface area contributed by atoms with Crippen LogP contribution in [0.2, 0.25) is 0 Å². The summed E-state index contributed by atoms with van der Waals surface area (Å²) < 4.78 is 37.0. The molecule has 21 unspecified atom stereocenters. The summed E-state index contributed by atoms with van der Waals surface area (Å²) in [5, 5.41) is 63.2. The molecule has 0 aromatic heterocycles. The molecule has 4 heterocycles. The first-order valence-electron chi connectivity index (χ1n) is 20.2. The Labute approximate surface area is 312 Å². The number of ketones is 1. The number of carbonyl (C=O) groups excluding carboxylic acids is 1. The molecule has 0 bridgehead atoms. The number of aliphatic hydroxyl groups is 6. The van der Waals surface area contributed by atoms with Gasteiger partial charge in [-0.05, 0) is 92.4 Å². The lowest BCUT2D eigenvalue weighted by atomic mass is 9.41. The van der Waals surface area contributed by atoms with Crippen molar-refractivity contribution in [2.75, 3.05) is 13.2 Å². The molecule has 6 N–H and O–H groups in total. The molecule has 21 atom stereocenters. The highest BCUT2D eigenvalue weighted by atomic mass is 16.7. The van der Waals surface area contributed by atoms with Crippen LogP contribution in [0.1, 0.15) is 92.9 Å². The first-order chi connectivity index (χ1) is 25.0. The molecule has 3 saturated carbocycles. The highest BCUT2D eigenvalue weighted by molar-refractivity contribution is 5.97. The summed E-state index contributed by atoms with van der Waals surface area (Å²) in [6.07, 6.45) is -5.40. The minimum Gasteiger partial charge on any atom is -0.394 e. The van der Waals surface area contributed by atoms with Crippen LogP contribution >= 0.6 is 0 Å². The Kier molecular flexibility index (Phi) is 9.89. The van der Waals surface area contributed by atoms with Gasteiger partial charge in [-0.2, -0.15) is 0 Å². The molecule has 13 nitrogen and oxygen atoms in total. The van der Waals surface area contributed by atoms with Crippen molar-refractivity contribution in [3.8, 4) is 0 Å². The minimum absolute atomic E-state index is 0.0243. The van der Waals surface area contributed by atoms with Crippen LogP contribution in [-0.4, -0.2) is 129 Å². The van der Waals surface area contributed by atoms with Gasteiger partial charge in [-0.3, -0.25) is 4.79 Å². The van der Waals surface area contributed by atoms with Crippen LogP contribution in [-0.2, 0) is 33.2 Å². The molecule has 4 aliphatic carbocycles. The van der Waals surface area contributed by atoms with E-state index in [9.17, 15) is 35.4 Å². The Morgan fingerprint density at radius 3 is 2.25 bits per heavy atom. The molecule has 13 heteroatoms. The quantitative estimate of drug-likeness (QED) is 0.239. The standard InChI is InChI=1S/C40H62O13/c1-18-7-12-40(48-17-18)19(2)28-23(53-40)15-26-38(28,5)11-9-25-37(4)10-8-22(13-21(37)14-27(42)39(25,26)6)50-36-33(47)31(45)34(24(16-41)51-36)52-35-32(46)30(44)29(43)20(3)49-35/h14,18-20,22-26,28-36,41,43-47H,7-13,15-17H2,1-6H3. The SMILES string of the molecule is CC1CCC2(OC1)OC1CC3C(C)(CCC4C5(C)CCC(OC6OC(CO)C(OC7OC(C)C(O)C(O)C7O)C(O)C6O)CC5=CC(=O)C43C)C1C2C. The number of hydrogen-bond donors (Lipinski definition) is 6. The van der Waals surface area contributed by atoms with Crippen molar-refractivity contribution in [2.45, 2.75) is 172 Å². The molecule has 0 radical (unpaired) electrons. The zero-order valence-electron chi connectivity index (χ0n) is 32.0. The van der Waals surface area contributed by atoms with Crippen molar-refractivity contribution >= 4 is 5.78 Å². The van der Waals surface area contributed by atoms with Crippen molar-refractivity contribution in [1.29, 1.82) is 0 Å². The van der Waals surface area contributed by atoms with Crippen LogP contribution in [0.5, 0.6) is 0 Å². The number of allylic oxidation sites excluding steroid dienone is 1. The summed E-state index contributed by atoms with van der Waals surface area (Å²) in [5.41, 5.74) is 0.315. The molecule has 300 valence electrons. The van der Waals surface area contributed by atoms with Crippen LogP contribution in [0, 0.1) is 45.8 Å². The van der Waals surface area contributed by atoms with E-state index >= 15 is 0 Å². The first-order valence-corrected chi connectivity index (χ1v) is 20.2.